The first-order valence-corrected chi connectivity index (χ1v) is 13.4. The normalized spacial score (nSPS) is 25.6. The van der Waals surface area contributed by atoms with Gasteiger partial charge in [0.2, 0.25) is 5.91 Å². The molecule has 2 N–H and O–H groups in total. The molecule has 7 rings (SSSR count). The summed E-state index contributed by atoms with van der Waals surface area (Å²) in [7, 11) is 2.07. The number of anilines is 3. The van der Waals surface area contributed by atoms with Crippen molar-refractivity contribution in [2.24, 2.45) is 17.8 Å². The molecule has 0 heterocycles. The van der Waals surface area contributed by atoms with Crippen LogP contribution in [0.15, 0.2) is 72.8 Å². The highest BCUT2D eigenvalue weighted by molar-refractivity contribution is 6.01. The van der Waals surface area contributed by atoms with Crippen molar-refractivity contribution in [1.29, 1.82) is 0 Å². The molecule has 3 aromatic carbocycles. The minimum atomic E-state index is -1.06. The fraction of sp³-hybridized carbons (Fsp3) is 0.375. The number of benzene rings is 3. The molecule has 0 spiro atoms. The number of amides is 1. The van der Waals surface area contributed by atoms with Gasteiger partial charge in [0.25, 0.3) is 0 Å². The Morgan fingerprint density at radius 2 is 1.38 bits per heavy atom. The van der Waals surface area contributed by atoms with E-state index in [-0.39, 0.29) is 17.9 Å². The first kappa shape index (κ1) is 23.8. The van der Waals surface area contributed by atoms with E-state index in [1.54, 1.807) is 18.2 Å². The van der Waals surface area contributed by atoms with Crippen LogP contribution in [0.3, 0.4) is 0 Å². The summed E-state index contributed by atoms with van der Waals surface area (Å²) < 4.78 is 0. The second-order valence-corrected chi connectivity index (χ2v) is 11.5. The van der Waals surface area contributed by atoms with Crippen molar-refractivity contribution in [3.8, 4) is 0 Å². The standard InChI is InChI=1S/C32H34N2O3/c1-34(27-12-8-25(9-13-27)32-18-22-14-23(19-32)16-24(15-22)20-32)26-10-6-21(7-11-26)17-30(35)33-29-5-3-2-4-28(29)31(36)37/h2-13,22-24H,14-20H2,1H3,(H,33,35)(H,36,37). The summed E-state index contributed by atoms with van der Waals surface area (Å²) in [5.41, 5.74) is 5.44. The van der Waals surface area contributed by atoms with Gasteiger partial charge in [-0.15, -0.1) is 0 Å². The molecule has 0 radical (unpaired) electrons. The maximum atomic E-state index is 12.5. The smallest absolute Gasteiger partial charge is 0.337 e. The molecule has 0 atom stereocenters. The lowest BCUT2D eigenvalue weighted by molar-refractivity contribution is -0.115. The number of carboxylic acids is 1. The lowest BCUT2D eigenvalue weighted by Gasteiger charge is -2.57. The molecule has 0 aliphatic heterocycles. The van der Waals surface area contributed by atoms with Crippen LogP contribution >= 0.6 is 0 Å². The summed E-state index contributed by atoms with van der Waals surface area (Å²) >= 11 is 0. The summed E-state index contributed by atoms with van der Waals surface area (Å²) in [6.45, 7) is 0. The minimum Gasteiger partial charge on any atom is -0.478 e. The number of nitrogens with one attached hydrogen (secondary N) is 1. The minimum absolute atomic E-state index is 0.0852. The molecule has 4 aliphatic carbocycles. The Kier molecular flexibility index (Phi) is 6.02. The summed E-state index contributed by atoms with van der Waals surface area (Å²) in [5, 5.41) is 12.0. The van der Waals surface area contributed by atoms with Crippen LogP contribution in [0.2, 0.25) is 0 Å². The number of nitrogens with zero attached hydrogens (tertiary/aromatic N) is 1. The second-order valence-electron chi connectivity index (χ2n) is 11.5. The third kappa shape index (κ3) is 4.63. The molecule has 4 bridgehead atoms. The lowest BCUT2D eigenvalue weighted by atomic mass is 9.48. The highest BCUT2D eigenvalue weighted by Gasteiger charge is 2.51. The molecule has 4 saturated carbocycles. The van der Waals surface area contributed by atoms with Gasteiger partial charge < -0.3 is 15.3 Å². The number of hydrogen-bond donors (Lipinski definition) is 2. The fourth-order valence-corrected chi connectivity index (χ4v) is 7.65. The van der Waals surface area contributed by atoms with Crippen LogP contribution in [0.4, 0.5) is 17.1 Å². The highest BCUT2D eigenvalue weighted by atomic mass is 16.4. The van der Waals surface area contributed by atoms with E-state index in [9.17, 15) is 14.7 Å². The first-order chi connectivity index (χ1) is 17.9. The predicted octanol–water partition coefficient (Wildman–Crippen LogP) is 6.80. The Bertz CT molecular complexity index is 1280. The molecule has 3 aromatic rings. The van der Waals surface area contributed by atoms with Gasteiger partial charge in [0, 0.05) is 18.4 Å². The van der Waals surface area contributed by atoms with Crippen LogP contribution in [0.25, 0.3) is 0 Å². The molecular weight excluding hydrogens is 460 g/mol. The van der Waals surface area contributed by atoms with Crippen LogP contribution in [0.1, 0.15) is 60.0 Å². The second kappa shape index (κ2) is 9.37. The largest absolute Gasteiger partial charge is 0.478 e. The monoisotopic (exact) mass is 494 g/mol. The predicted molar refractivity (Wildman–Crippen MR) is 147 cm³/mol. The lowest BCUT2D eigenvalue weighted by Crippen LogP contribution is -2.48. The third-order valence-corrected chi connectivity index (χ3v) is 9.03. The van der Waals surface area contributed by atoms with Crippen molar-refractivity contribution < 1.29 is 14.7 Å². The first-order valence-electron chi connectivity index (χ1n) is 13.4. The number of carbonyl (C=O) groups is 2. The quantitative estimate of drug-likeness (QED) is 0.379. The van der Waals surface area contributed by atoms with Gasteiger partial charge in [-0.3, -0.25) is 4.79 Å². The number of carboxylic acid groups (broad SMARTS) is 1. The van der Waals surface area contributed by atoms with E-state index in [1.165, 1.54) is 50.2 Å². The van der Waals surface area contributed by atoms with E-state index in [4.69, 9.17) is 0 Å². The van der Waals surface area contributed by atoms with Crippen LogP contribution in [0.5, 0.6) is 0 Å². The van der Waals surface area contributed by atoms with Crippen LogP contribution in [-0.4, -0.2) is 24.0 Å². The fourth-order valence-electron chi connectivity index (χ4n) is 7.65. The zero-order valence-corrected chi connectivity index (χ0v) is 21.3. The molecule has 0 aromatic heterocycles. The van der Waals surface area contributed by atoms with Gasteiger partial charge in [0.05, 0.1) is 17.7 Å². The van der Waals surface area contributed by atoms with E-state index in [0.29, 0.717) is 11.1 Å². The Balaban J connectivity index is 1.11. The average Bonchev–Trinajstić information content (AvgIpc) is 2.88. The van der Waals surface area contributed by atoms with Crippen molar-refractivity contribution in [1.82, 2.24) is 0 Å². The van der Waals surface area contributed by atoms with E-state index in [2.05, 4.69) is 41.5 Å². The van der Waals surface area contributed by atoms with Gasteiger partial charge in [-0.2, -0.15) is 0 Å². The van der Waals surface area contributed by atoms with E-state index in [1.807, 2.05) is 24.3 Å². The summed E-state index contributed by atoms with van der Waals surface area (Å²) in [6.07, 6.45) is 8.72. The van der Waals surface area contributed by atoms with Gasteiger partial charge in [0.15, 0.2) is 0 Å². The Morgan fingerprint density at radius 1 is 0.838 bits per heavy atom. The van der Waals surface area contributed by atoms with Crippen LogP contribution in [0, 0.1) is 17.8 Å². The van der Waals surface area contributed by atoms with Crippen molar-refractivity contribution in [2.45, 2.75) is 50.4 Å². The number of para-hydroxylation sites is 1. The van der Waals surface area contributed by atoms with Crippen molar-refractivity contribution in [2.75, 3.05) is 17.3 Å². The molecule has 0 unspecified atom stereocenters. The topological polar surface area (TPSA) is 69.6 Å². The number of rotatable bonds is 7. The molecule has 4 aliphatic rings. The van der Waals surface area contributed by atoms with Crippen molar-refractivity contribution >= 4 is 28.9 Å². The molecule has 190 valence electrons. The van der Waals surface area contributed by atoms with Gasteiger partial charge in [-0.25, -0.2) is 4.79 Å². The highest BCUT2D eigenvalue weighted by Crippen LogP contribution is 2.60. The van der Waals surface area contributed by atoms with E-state index >= 15 is 0 Å². The van der Waals surface area contributed by atoms with Gasteiger partial charge in [0.1, 0.15) is 0 Å². The number of carbonyl (C=O) groups excluding carboxylic acids is 1. The molecule has 1 amide bonds. The van der Waals surface area contributed by atoms with Crippen molar-refractivity contribution in [3.63, 3.8) is 0 Å². The molecule has 0 saturated heterocycles. The Labute approximate surface area is 218 Å². The van der Waals surface area contributed by atoms with E-state index in [0.717, 1.165) is 34.7 Å². The third-order valence-electron chi connectivity index (χ3n) is 9.03. The SMILES string of the molecule is CN(c1ccc(CC(=O)Nc2ccccc2C(=O)O)cc1)c1ccc(C23CC4CC(CC(C4)C2)C3)cc1. The summed E-state index contributed by atoms with van der Waals surface area (Å²) in [5.74, 6) is 1.53. The average molecular weight is 495 g/mol. The molecule has 37 heavy (non-hydrogen) atoms. The zero-order valence-electron chi connectivity index (χ0n) is 21.3. The van der Waals surface area contributed by atoms with Gasteiger partial charge in [-0.05, 0) is 109 Å². The van der Waals surface area contributed by atoms with E-state index < -0.39 is 5.97 Å². The zero-order chi connectivity index (χ0) is 25.6. The Hall–Kier alpha value is -3.60. The summed E-state index contributed by atoms with van der Waals surface area (Å²) in [6, 6.07) is 23.7. The molecular formula is C32H34N2O3. The molecule has 5 nitrogen and oxygen atoms in total. The molecule has 4 fully saturated rings. The van der Waals surface area contributed by atoms with Gasteiger partial charge >= 0.3 is 5.97 Å². The summed E-state index contributed by atoms with van der Waals surface area (Å²) in [4.78, 5) is 26.1. The van der Waals surface area contributed by atoms with Crippen LogP contribution < -0.4 is 10.2 Å². The number of aromatic carboxylic acids is 1. The maximum Gasteiger partial charge on any atom is 0.337 e. The van der Waals surface area contributed by atoms with Crippen LogP contribution in [-0.2, 0) is 16.6 Å². The number of hydrogen-bond acceptors (Lipinski definition) is 3. The molecule has 5 heteroatoms. The van der Waals surface area contributed by atoms with Gasteiger partial charge in [-0.1, -0.05) is 36.4 Å². The van der Waals surface area contributed by atoms with Crippen molar-refractivity contribution in [3.05, 3.63) is 89.5 Å². The maximum absolute atomic E-state index is 12.5. The Morgan fingerprint density at radius 3 is 1.95 bits per heavy atom.